The zero-order valence-electron chi connectivity index (χ0n) is 24.1. The van der Waals surface area contributed by atoms with E-state index in [0.717, 1.165) is 30.0 Å². The maximum Gasteiger partial charge on any atom is 0.344 e. The maximum absolute atomic E-state index is 11.5. The zero-order chi connectivity index (χ0) is 30.6. The number of benzene rings is 1. The van der Waals surface area contributed by atoms with E-state index in [1.807, 2.05) is 24.3 Å². The number of amides is 2. The number of aliphatic carboxylic acids is 1. The molecule has 0 aliphatic carbocycles. The van der Waals surface area contributed by atoms with Crippen LogP contribution in [0.3, 0.4) is 0 Å². The molecular weight excluding hydrogens is 589 g/mol. The van der Waals surface area contributed by atoms with Crippen molar-refractivity contribution < 1.29 is 24.2 Å². The summed E-state index contributed by atoms with van der Waals surface area (Å²) < 4.78 is 5.42. The Labute approximate surface area is 259 Å². The molecule has 3 aromatic rings. The molecule has 0 spiro atoms. The van der Waals surface area contributed by atoms with E-state index in [1.54, 1.807) is 70.5 Å². The van der Waals surface area contributed by atoms with Crippen LogP contribution in [-0.4, -0.2) is 71.7 Å². The monoisotopic (exact) mass is 620 g/mol. The third-order valence-electron chi connectivity index (χ3n) is 5.90. The van der Waals surface area contributed by atoms with Gasteiger partial charge in [-0.2, -0.15) is 0 Å². The Hall–Kier alpha value is -3.96. The van der Waals surface area contributed by atoms with Crippen LogP contribution in [0, 0.1) is 23.7 Å². The fraction of sp³-hybridized carbons (Fsp3) is 0.281. The first kappa shape index (κ1) is 32.6. The number of thioether (sulfide) groups is 1. The molecule has 0 saturated carbocycles. The number of carboxylic acid groups (broad SMARTS) is 1. The highest BCUT2D eigenvalue weighted by Crippen LogP contribution is 2.34. The number of carboxylic acids is 1. The number of ether oxygens (including phenoxy) is 1. The number of hydrogen-bond acceptors (Lipinski definition) is 7. The fourth-order valence-electron chi connectivity index (χ4n) is 3.23. The lowest BCUT2D eigenvalue weighted by molar-refractivity contribution is -0.144. The molecule has 2 amide bonds. The largest absolute Gasteiger partial charge is 0.479 e. The number of nitrogens with zero attached hydrogens (tertiary/aromatic N) is 2. The number of hydrogen-bond donors (Lipinski definition) is 1. The van der Waals surface area contributed by atoms with Crippen LogP contribution in [0.25, 0.3) is 5.57 Å². The molecular formula is C32H32N2O5S3. The van der Waals surface area contributed by atoms with Gasteiger partial charge in [-0.25, -0.2) is 4.79 Å². The van der Waals surface area contributed by atoms with Crippen LogP contribution in [0.4, 0.5) is 0 Å². The van der Waals surface area contributed by atoms with Crippen molar-refractivity contribution in [2.75, 3.05) is 32.9 Å². The Morgan fingerprint density at radius 2 is 1.38 bits per heavy atom. The Balaban J connectivity index is 1.80. The van der Waals surface area contributed by atoms with Gasteiger partial charge in [-0.3, -0.25) is 9.59 Å². The molecule has 1 atom stereocenters. The highest BCUT2D eigenvalue weighted by Gasteiger charge is 2.13. The summed E-state index contributed by atoms with van der Waals surface area (Å²) in [7, 11) is 3.45. The number of rotatable bonds is 10. The van der Waals surface area contributed by atoms with Crippen molar-refractivity contribution in [1.82, 2.24) is 9.80 Å². The molecule has 42 heavy (non-hydrogen) atoms. The smallest absolute Gasteiger partial charge is 0.344 e. The molecule has 0 fully saturated rings. The predicted octanol–water partition coefficient (Wildman–Crippen LogP) is 5.55. The quantitative estimate of drug-likeness (QED) is 0.237. The lowest BCUT2D eigenvalue weighted by Gasteiger charge is -2.10. The van der Waals surface area contributed by atoms with Crippen molar-refractivity contribution in [2.45, 2.75) is 31.8 Å². The Bertz CT molecular complexity index is 1480. The first-order valence-corrected chi connectivity index (χ1v) is 15.6. The molecule has 2 aromatic heterocycles. The minimum atomic E-state index is -1.01. The van der Waals surface area contributed by atoms with Crippen LogP contribution in [0.1, 0.15) is 40.3 Å². The Morgan fingerprint density at radius 3 is 1.83 bits per heavy atom. The van der Waals surface area contributed by atoms with Gasteiger partial charge in [0.05, 0.1) is 22.8 Å². The summed E-state index contributed by atoms with van der Waals surface area (Å²) in [6.45, 7) is 5.27. The minimum Gasteiger partial charge on any atom is -0.479 e. The van der Waals surface area contributed by atoms with Crippen LogP contribution in [0.2, 0.25) is 0 Å². The molecule has 218 valence electrons. The predicted molar refractivity (Wildman–Crippen MR) is 171 cm³/mol. The van der Waals surface area contributed by atoms with E-state index < -0.39 is 12.1 Å². The van der Waals surface area contributed by atoms with Crippen LogP contribution in [0.15, 0.2) is 59.5 Å². The van der Waals surface area contributed by atoms with Gasteiger partial charge in [-0.15, -0.1) is 34.4 Å². The average Bonchev–Trinajstić information content (AvgIpc) is 3.61. The van der Waals surface area contributed by atoms with Crippen molar-refractivity contribution in [3.8, 4) is 29.4 Å². The van der Waals surface area contributed by atoms with Gasteiger partial charge < -0.3 is 19.6 Å². The summed E-state index contributed by atoms with van der Waals surface area (Å²) in [5.41, 5.74) is 1.08. The average molecular weight is 621 g/mol. The Kier molecular flexibility index (Phi) is 12.3. The molecule has 3 rings (SSSR count). The molecule has 0 saturated heterocycles. The number of thiophene rings is 2. The van der Waals surface area contributed by atoms with Crippen LogP contribution < -0.4 is 4.74 Å². The summed E-state index contributed by atoms with van der Waals surface area (Å²) in [6.07, 6.45) is 1.26. The van der Waals surface area contributed by atoms with Crippen molar-refractivity contribution in [2.24, 2.45) is 0 Å². The van der Waals surface area contributed by atoms with E-state index in [9.17, 15) is 14.4 Å². The van der Waals surface area contributed by atoms with E-state index in [-0.39, 0.29) is 11.8 Å². The summed E-state index contributed by atoms with van der Waals surface area (Å²) in [4.78, 5) is 42.1. The zero-order valence-corrected chi connectivity index (χ0v) is 26.5. The molecule has 10 heteroatoms. The van der Waals surface area contributed by atoms with E-state index in [4.69, 9.17) is 9.84 Å². The fourth-order valence-corrected chi connectivity index (χ4v) is 5.93. The van der Waals surface area contributed by atoms with Crippen molar-refractivity contribution in [3.05, 3.63) is 74.1 Å². The standard InChI is InChI=1S/C32H32N2O5S3/c1-22(32(37)38)39-25-10-12-26(13-11-25)40-21-18-29(30-16-14-27(41-30)8-6-19-33(4)23(2)35)31-17-15-28(42-31)9-7-20-34(5)24(3)36/h10-18,22H,19-21H2,1-5H3,(H,37,38). The lowest BCUT2D eigenvalue weighted by atomic mass is 10.2. The highest BCUT2D eigenvalue weighted by molar-refractivity contribution is 7.99. The summed E-state index contributed by atoms with van der Waals surface area (Å²) >= 11 is 4.84. The molecule has 1 unspecified atom stereocenters. The second-order valence-electron chi connectivity index (χ2n) is 9.18. The topological polar surface area (TPSA) is 87.2 Å². The SMILES string of the molecule is CC(=O)N(C)CC#Cc1ccc(C(=CCSc2ccc(OC(C)C(=O)O)cc2)c2ccc(C#CCN(C)C(C)=O)s2)s1. The van der Waals surface area contributed by atoms with E-state index in [0.29, 0.717) is 24.6 Å². The minimum absolute atomic E-state index is 0.0274. The van der Waals surface area contributed by atoms with Gasteiger partial charge in [0.1, 0.15) is 5.75 Å². The second kappa shape index (κ2) is 15.9. The summed E-state index contributed by atoms with van der Waals surface area (Å²) in [5, 5.41) is 9.05. The molecule has 0 aliphatic rings. The van der Waals surface area contributed by atoms with E-state index >= 15 is 0 Å². The van der Waals surface area contributed by atoms with Gasteiger partial charge in [0.25, 0.3) is 0 Å². The molecule has 0 radical (unpaired) electrons. The third kappa shape index (κ3) is 10.1. The third-order valence-corrected chi connectivity index (χ3v) is 8.90. The first-order chi connectivity index (χ1) is 20.0. The van der Waals surface area contributed by atoms with Crippen LogP contribution in [0.5, 0.6) is 5.75 Å². The van der Waals surface area contributed by atoms with Gasteiger partial charge in [-0.1, -0.05) is 29.8 Å². The maximum atomic E-state index is 11.5. The van der Waals surface area contributed by atoms with Gasteiger partial charge in [-0.05, 0) is 55.5 Å². The lowest BCUT2D eigenvalue weighted by Crippen LogP contribution is -2.23. The molecule has 0 bridgehead atoms. The Morgan fingerprint density at radius 1 is 0.881 bits per heavy atom. The van der Waals surface area contributed by atoms with Gasteiger partial charge in [0.2, 0.25) is 11.8 Å². The van der Waals surface area contributed by atoms with Gasteiger partial charge >= 0.3 is 5.97 Å². The first-order valence-electron chi connectivity index (χ1n) is 13.0. The number of carbonyl (C=O) groups is 3. The summed E-state index contributed by atoms with van der Waals surface area (Å²) in [6, 6.07) is 15.5. The second-order valence-corrected chi connectivity index (χ2v) is 12.4. The normalized spacial score (nSPS) is 10.8. The molecule has 7 nitrogen and oxygen atoms in total. The van der Waals surface area contributed by atoms with Gasteiger partial charge in [0.15, 0.2) is 6.10 Å². The van der Waals surface area contributed by atoms with Crippen molar-refractivity contribution in [3.63, 3.8) is 0 Å². The van der Waals surface area contributed by atoms with E-state index in [2.05, 4.69) is 41.9 Å². The molecule has 1 N–H and O–H groups in total. The summed E-state index contributed by atoms with van der Waals surface area (Å²) in [5.74, 6) is 12.6. The molecule has 0 aliphatic heterocycles. The van der Waals surface area contributed by atoms with Crippen molar-refractivity contribution >= 4 is 57.8 Å². The van der Waals surface area contributed by atoms with E-state index in [1.165, 1.54) is 20.8 Å². The molecule has 1 aromatic carbocycles. The van der Waals surface area contributed by atoms with Crippen molar-refractivity contribution in [1.29, 1.82) is 0 Å². The highest BCUT2D eigenvalue weighted by atomic mass is 32.2. The van der Waals surface area contributed by atoms with Crippen LogP contribution >= 0.6 is 34.4 Å². The van der Waals surface area contributed by atoms with Gasteiger partial charge in [0, 0.05) is 53.9 Å². The van der Waals surface area contributed by atoms with Crippen LogP contribution in [-0.2, 0) is 14.4 Å². The molecule has 2 heterocycles. The number of carbonyl (C=O) groups excluding carboxylic acids is 2.